The SMILES string of the molecule is CC(C)(C)c1ccc(O)c(NC(=S)NC(=O)c2cc([N+](=O)[O-])cc([N+](=O)[O-])c2)c1. The van der Waals surface area contributed by atoms with Crippen LogP contribution in [-0.4, -0.2) is 26.0 Å². The Bertz CT molecular complexity index is 984. The van der Waals surface area contributed by atoms with Crippen LogP contribution in [0.3, 0.4) is 0 Å². The van der Waals surface area contributed by atoms with Crippen molar-refractivity contribution in [2.24, 2.45) is 0 Å². The lowest BCUT2D eigenvalue weighted by atomic mass is 9.87. The number of thiocarbonyl (C=S) groups is 1. The number of non-ortho nitro benzene ring substituents is 2. The molecule has 2 aromatic rings. The van der Waals surface area contributed by atoms with Gasteiger partial charge in [0.15, 0.2) is 5.11 Å². The number of rotatable bonds is 4. The monoisotopic (exact) mass is 418 g/mol. The first kappa shape index (κ1) is 21.7. The number of phenols is 1. The van der Waals surface area contributed by atoms with Gasteiger partial charge in [0.25, 0.3) is 17.3 Å². The van der Waals surface area contributed by atoms with E-state index in [-0.39, 0.29) is 27.5 Å². The maximum Gasteiger partial charge on any atom is 0.277 e. The van der Waals surface area contributed by atoms with Crippen LogP contribution in [0.1, 0.15) is 36.7 Å². The first-order chi connectivity index (χ1) is 13.4. The van der Waals surface area contributed by atoms with Crippen LogP contribution in [0, 0.1) is 20.2 Å². The maximum absolute atomic E-state index is 12.4. The summed E-state index contributed by atoms with van der Waals surface area (Å²) in [7, 11) is 0. The Labute approximate surface area is 170 Å². The van der Waals surface area contributed by atoms with Gasteiger partial charge in [0.05, 0.1) is 27.2 Å². The van der Waals surface area contributed by atoms with Gasteiger partial charge in [0.2, 0.25) is 0 Å². The van der Waals surface area contributed by atoms with Gasteiger partial charge in [0, 0.05) is 12.1 Å². The van der Waals surface area contributed by atoms with E-state index in [1.807, 2.05) is 20.8 Å². The molecule has 2 rings (SSSR count). The first-order valence-electron chi connectivity index (χ1n) is 8.28. The minimum atomic E-state index is -0.874. The number of nitro groups is 2. The molecule has 0 saturated carbocycles. The molecular formula is C18H18N4O6S. The molecule has 0 aliphatic carbocycles. The fraction of sp³-hybridized carbons (Fsp3) is 0.222. The Morgan fingerprint density at radius 2 is 1.59 bits per heavy atom. The van der Waals surface area contributed by atoms with Crippen LogP contribution in [0.15, 0.2) is 36.4 Å². The highest BCUT2D eigenvalue weighted by molar-refractivity contribution is 7.80. The number of hydrogen-bond acceptors (Lipinski definition) is 7. The largest absolute Gasteiger partial charge is 0.506 e. The van der Waals surface area contributed by atoms with E-state index in [0.717, 1.165) is 23.8 Å². The molecule has 1 amide bonds. The van der Waals surface area contributed by atoms with E-state index in [4.69, 9.17) is 12.2 Å². The number of nitro benzene ring substituents is 2. The van der Waals surface area contributed by atoms with Gasteiger partial charge in [-0.05, 0) is 35.3 Å². The van der Waals surface area contributed by atoms with Crippen LogP contribution in [0.25, 0.3) is 0 Å². The highest BCUT2D eigenvalue weighted by Gasteiger charge is 2.21. The summed E-state index contributed by atoms with van der Waals surface area (Å²) in [5, 5.41) is 36.7. The maximum atomic E-state index is 12.4. The second kappa shape index (κ2) is 8.19. The molecule has 0 radical (unpaired) electrons. The van der Waals surface area contributed by atoms with Gasteiger partial charge in [-0.3, -0.25) is 30.3 Å². The zero-order valence-corrected chi connectivity index (χ0v) is 16.6. The average molecular weight is 418 g/mol. The fourth-order valence-corrected chi connectivity index (χ4v) is 2.57. The molecular weight excluding hydrogens is 400 g/mol. The van der Waals surface area contributed by atoms with Crippen LogP contribution in [-0.2, 0) is 5.41 Å². The minimum absolute atomic E-state index is 0.0967. The van der Waals surface area contributed by atoms with E-state index in [1.165, 1.54) is 6.07 Å². The molecule has 2 aromatic carbocycles. The lowest BCUT2D eigenvalue weighted by Gasteiger charge is -2.21. The van der Waals surface area contributed by atoms with E-state index < -0.39 is 27.1 Å². The van der Waals surface area contributed by atoms with E-state index in [1.54, 1.807) is 12.1 Å². The van der Waals surface area contributed by atoms with Gasteiger partial charge in [0.1, 0.15) is 5.75 Å². The minimum Gasteiger partial charge on any atom is -0.506 e. The molecule has 3 N–H and O–H groups in total. The van der Waals surface area contributed by atoms with Gasteiger partial charge in [-0.15, -0.1) is 0 Å². The van der Waals surface area contributed by atoms with Crippen molar-refractivity contribution in [2.45, 2.75) is 26.2 Å². The highest BCUT2D eigenvalue weighted by atomic mass is 32.1. The number of amides is 1. The summed E-state index contributed by atoms with van der Waals surface area (Å²) >= 11 is 5.06. The molecule has 10 nitrogen and oxygen atoms in total. The molecule has 0 aliphatic rings. The number of benzene rings is 2. The summed E-state index contributed by atoms with van der Waals surface area (Å²) in [5.41, 5.74) is -0.536. The van der Waals surface area contributed by atoms with Crippen LogP contribution in [0.2, 0.25) is 0 Å². The number of carbonyl (C=O) groups is 1. The Morgan fingerprint density at radius 3 is 2.07 bits per heavy atom. The fourth-order valence-electron chi connectivity index (χ4n) is 2.37. The number of carbonyl (C=O) groups excluding carboxylic acids is 1. The lowest BCUT2D eigenvalue weighted by molar-refractivity contribution is -0.394. The Kier molecular flexibility index (Phi) is 6.12. The molecule has 0 unspecified atom stereocenters. The summed E-state index contributed by atoms with van der Waals surface area (Å²) in [4.78, 5) is 32.6. The third-order valence-electron chi connectivity index (χ3n) is 3.92. The molecule has 0 spiro atoms. The Balaban J connectivity index is 2.23. The molecule has 0 bridgehead atoms. The Hall–Kier alpha value is -3.60. The molecule has 0 atom stereocenters. The van der Waals surface area contributed by atoms with E-state index in [0.29, 0.717) is 0 Å². The smallest absolute Gasteiger partial charge is 0.277 e. The number of aromatic hydroxyl groups is 1. The van der Waals surface area contributed by atoms with Crippen LogP contribution < -0.4 is 10.6 Å². The number of nitrogens with one attached hydrogen (secondary N) is 2. The second-order valence-corrected chi connectivity index (χ2v) is 7.55. The third kappa shape index (κ3) is 5.45. The molecule has 0 saturated heterocycles. The van der Waals surface area contributed by atoms with Gasteiger partial charge in [-0.1, -0.05) is 26.8 Å². The molecule has 29 heavy (non-hydrogen) atoms. The van der Waals surface area contributed by atoms with Crippen molar-refractivity contribution in [2.75, 3.05) is 5.32 Å². The topological polar surface area (TPSA) is 148 Å². The van der Waals surface area contributed by atoms with Crippen molar-refractivity contribution >= 4 is 40.3 Å². The summed E-state index contributed by atoms with van der Waals surface area (Å²) in [6, 6.07) is 7.47. The summed E-state index contributed by atoms with van der Waals surface area (Å²) in [6.45, 7) is 5.95. The van der Waals surface area contributed by atoms with E-state index >= 15 is 0 Å². The zero-order valence-electron chi connectivity index (χ0n) is 15.8. The zero-order chi connectivity index (χ0) is 21.9. The number of hydrogen-bond donors (Lipinski definition) is 3. The highest BCUT2D eigenvalue weighted by Crippen LogP contribution is 2.30. The van der Waals surface area contributed by atoms with Crippen molar-refractivity contribution in [3.8, 4) is 5.75 Å². The predicted molar refractivity (Wildman–Crippen MR) is 110 cm³/mol. The molecule has 152 valence electrons. The second-order valence-electron chi connectivity index (χ2n) is 7.14. The molecule has 0 aliphatic heterocycles. The van der Waals surface area contributed by atoms with Crippen molar-refractivity contribution in [1.82, 2.24) is 5.32 Å². The van der Waals surface area contributed by atoms with E-state index in [9.17, 15) is 30.1 Å². The van der Waals surface area contributed by atoms with Crippen LogP contribution >= 0.6 is 12.2 Å². The van der Waals surface area contributed by atoms with Crippen molar-refractivity contribution in [3.63, 3.8) is 0 Å². The Morgan fingerprint density at radius 1 is 1.03 bits per heavy atom. The van der Waals surface area contributed by atoms with E-state index in [2.05, 4.69) is 10.6 Å². The van der Waals surface area contributed by atoms with Gasteiger partial charge in [-0.25, -0.2) is 0 Å². The molecule has 11 heteroatoms. The average Bonchev–Trinajstić information content (AvgIpc) is 2.61. The quantitative estimate of drug-likeness (QED) is 0.295. The summed E-state index contributed by atoms with van der Waals surface area (Å²) in [5.74, 6) is -0.971. The van der Waals surface area contributed by atoms with Crippen molar-refractivity contribution in [1.29, 1.82) is 0 Å². The predicted octanol–water partition coefficient (Wildman–Crippen LogP) is 3.63. The molecule has 0 fully saturated rings. The lowest BCUT2D eigenvalue weighted by Crippen LogP contribution is -2.34. The molecule has 0 heterocycles. The van der Waals surface area contributed by atoms with Crippen LogP contribution in [0.4, 0.5) is 17.1 Å². The van der Waals surface area contributed by atoms with Crippen molar-refractivity contribution < 1.29 is 19.7 Å². The van der Waals surface area contributed by atoms with Crippen LogP contribution in [0.5, 0.6) is 5.75 Å². The van der Waals surface area contributed by atoms with Gasteiger partial charge >= 0.3 is 0 Å². The number of anilines is 1. The third-order valence-corrected chi connectivity index (χ3v) is 4.13. The normalized spacial score (nSPS) is 10.9. The number of nitrogens with zero attached hydrogens (tertiary/aromatic N) is 2. The van der Waals surface area contributed by atoms with Gasteiger partial charge in [-0.2, -0.15) is 0 Å². The molecule has 0 aromatic heterocycles. The standard InChI is InChI=1S/C18H18N4O6S/c1-18(2,3)11-4-5-15(23)14(8-11)19-17(29)20-16(24)10-6-12(21(25)26)9-13(7-10)22(27)28/h4-9,23H,1-3H3,(H2,19,20,24,29). The summed E-state index contributed by atoms with van der Waals surface area (Å²) < 4.78 is 0. The summed E-state index contributed by atoms with van der Waals surface area (Å²) in [6.07, 6.45) is 0. The van der Waals surface area contributed by atoms with Gasteiger partial charge < -0.3 is 10.4 Å². The number of phenolic OH excluding ortho intramolecular Hbond substituents is 1. The van der Waals surface area contributed by atoms with Crippen molar-refractivity contribution in [3.05, 3.63) is 67.8 Å². The first-order valence-corrected chi connectivity index (χ1v) is 8.69.